The van der Waals surface area contributed by atoms with E-state index in [-0.39, 0.29) is 16.9 Å². The molecule has 0 aromatic heterocycles. The van der Waals surface area contributed by atoms with Gasteiger partial charge in [0.15, 0.2) is 0 Å². The molecule has 0 bridgehead atoms. The molecule has 1 atom stereocenters. The van der Waals surface area contributed by atoms with E-state index in [1.807, 2.05) is 24.3 Å². The highest BCUT2D eigenvalue weighted by atomic mass is 19.4. The molecule has 3 aromatic carbocycles. The molecule has 5 rings (SSSR count). The average molecular weight is 439 g/mol. The maximum atomic E-state index is 14.2. The third-order valence-corrected chi connectivity index (χ3v) is 5.74. The number of carbonyl (C=O) groups excluding carboxylic acids is 1. The van der Waals surface area contributed by atoms with Gasteiger partial charge in [0.05, 0.1) is 11.3 Å². The van der Waals surface area contributed by atoms with Gasteiger partial charge in [0, 0.05) is 36.2 Å². The highest BCUT2D eigenvalue weighted by Crippen LogP contribution is 2.41. The van der Waals surface area contributed by atoms with Crippen molar-refractivity contribution >= 4 is 29.2 Å². The van der Waals surface area contributed by atoms with Gasteiger partial charge in [0.1, 0.15) is 11.7 Å². The quantitative estimate of drug-likeness (QED) is 0.414. The molecule has 4 nitrogen and oxygen atoms in total. The van der Waals surface area contributed by atoms with Gasteiger partial charge >= 0.3 is 6.18 Å². The van der Waals surface area contributed by atoms with Crippen LogP contribution >= 0.6 is 0 Å². The van der Waals surface area contributed by atoms with Gasteiger partial charge in [-0.15, -0.1) is 0 Å². The Bertz CT molecular complexity index is 1230. The molecule has 1 unspecified atom stereocenters. The minimum Gasteiger partial charge on any atom is -0.362 e. The summed E-state index contributed by atoms with van der Waals surface area (Å²) in [6.07, 6.45) is -3.40. The highest BCUT2D eigenvalue weighted by molar-refractivity contribution is 6.12. The van der Waals surface area contributed by atoms with Gasteiger partial charge in [-0.05, 0) is 41.5 Å². The van der Waals surface area contributed by atoms with Crippen molar-refractivity contribution in [2.45, 2.75) is 25.2 Å². The number of hydrogen-bond acceptors (Lipinski definition) is 3. The summed E-state index contributed by atoms with van der Waals surface area (Å²) < 4.78 is 55.8. The number of anilines is 2. The Morgan fingerprint density at radius 2 is 1.72 bits per heavy atom. The number of carbonyl (C=O) groups is 1. The fourth-order valence-corrected chi connectivity index (χ4v) is 4.22. The molecular weight excluding hydrogens is 422 g/mol. The van der Waals surface area contributed by atoms with E-state index >= 15 is 0 Å². The minimum atomic E-state index is -4.58. The fraction of sp³-hybridized carbons (Fsp3) is 0.167. The lowest BCUT2D eigenvalue weighted by molar-refractivity contribution is -0.137. The Labute approximate surface area is 181 Å². The molecule has 1 N–H and O–H groups in total. The van der Waals surface area contributed by atoms with Crippen LogP contribution in [0, 0.1) is 5.82 Å². The monoisotopic (exact) mass is 439 g/mol. The van der Waals surface area contributed by atoms with Crippen LogP contribution in [0.2, 0.25) is 0 Å². The van der Waals surface area contributed by atoms with Gasteiger partial charge < -0.3 is 10.2 Å². The number of amides is 1. The molecule has 3 aromatic rings. The molecule has 0 saturated carbocycles. The molecule has 2 heterocycles. The third kappa shape index (κ3) is 3.51. The molecule has 8 heteroatoms. The van der Waals surface area contributed by atoms with E-state index in [0.717, 1.165) is 17.2 Å². The van der Waals surface area contributed by atoms with Crippen LogP contribution in [0.4, 0.5) is 34.6 Å². The molecule has 0 spiro atoms. The second kappa shape index (κ2) is 7.47. The molecule has 0 fully saturated rings. The summed E-state index contributed by atoms with van der Waals surface area (Å²) in [4.78, 5) is 18.0. The second-order valence-electron chi connectivity index (χ2n) is 7.77. The van der Waals surface area contributed by atoms with Crippen molar-refractivity contribution in [1.82, 2.24) is 0 Å². The topological polar surface area (TPSA) is 44.7 Å². The van der Waals surface area contributed by atoms with Crippen molar-refractivity contribution in [3.05, 3.63) is 88.7 Å². The van der Waals surface area contributed by atoms with Crippen LogP contribution in [0.1, 0.15) is 28.2 Å². The lowest BCUT2D eigenvalue weighted by atomic mass is 10.0. The summed E-state index contributed by atoms with van der Waals surface area (Å²) in [5.41, 5.74) is 1.78. The third-order valence-electron chi connectivity index (χ3n) is 5.74. The zero-order chi connectivity index (χ0) is 22.5. The van der Waals surface area contributed by atoms with Gasteiger partial charge in [0.25, 0.3) is 0 Å². The number of nitrogens with one attached hydrogen (secondary N) is 1. The van der Waals surface area contributed by atoms with Crippen molar-refractivity contribution in [2.24, 2.45) is 4.99 Å². The van der Waals surface area contributed by atoms with Crippen LogP contribution in [0.15, 0.2) is 65.7 Å². The van der Waals surface area contributed by atoms with E-state index < -0.39 is 29.4 Å². The molecule has 32 heavy (non-hydrogen) atoms. The first-order valence-corrected chi connectivity index (χ1v) is 9.98. The lowest BCUT2D eigenvalue weighted by Gasteiger charge is -2.23. The Morgan fingerprint density at radius 1 is 1.00 bits per heavy atom. The smallest absolute Gasteiger partial charge is 0.362 e. The number of nitrogens with zero attached hydrogens (tertiary/aromatic N) is 2. The minimum absolute atomic E-state index is 0.0374. The van der Waals surface area contributed by atoms with E-state index in [9.17, 15) is 22.4 Å². The van der Waals surface area contributed by atoms with E-state index in [0.29, 0.717) is 18.8 Å². The summed E-state index contributed by atoms with van der Waals surface area (Å²) >= 11 is 0. The second-order valence-corrected chi connectivity index (χ2v) is 7.77. The van der Waals surface area contributed by atoms with Crippen molar-refractivity contribution in [3.63, 3.8) is 0 Å². The van der Waals surface area contributed by atoms with E-state index in [4.69, 9.17) is 0 Å². The number of benzene rings is 3. The first kappa shape index (κ1) is 20.2. The Hall–Kier alpha value is -3.68. The van der Waals surface area contributed by atoms with Gasteiger partial charge in [-0.1, -0.05) is 30.3 Å². The number of hydrogen-bond donors (Lipinski definition) is 1. The van der Waals surface area contributed by atoms with E-state index in [2.05, 4.69) is 10.3 Å². The molecule has 0 aliphatic carbocycles. The van der Waals surface area contributed by atoms with Gasteiger partial charge in [-0.2, -0.15) is 13.2 Å². The van der Waals surface area contributed by atoms with Gasteiger partial charge in [-0.25, -0.2) is 4.39 Å². The predicted molar refractivity (Wildman–Crippen MR) is 114 cm³/mol. The van der Waals surface area contributed by atoms with E-state index in [1.54, 1.807) is 11.0 Å². The Kier molecular flexibility index (Phi) is 4.73. The van der Waals surface area contributed by atoms with Crippen molar-refractivity contribution < 1.29 is 22.4 Å². The normalized spacial score (nSPS) is 17.6. The number of aliphatic imine (C=N–C) groups is 1. The summed E-state index contributed by atoms with van der Waals surface area (Å²) in [6, 6.07) is 15.6. The van der Waals surface area contributed by atoms with Crippen LogP contribution in [0.25, 0.3) is 0 Å². The predicted octanol–water partition coefficient (Wildman–Crippen LogP) is 5.80. The maximum absolute atomic E-state index is 14.2. The molecule has 0 radical (unpaired) electrons. The van der Waals surface area contributed by atoms with Crippen molar-refractivity contribution in [1.29, 1.82) is 0 Å². The van der Waals surface area contributed by atoms with Crippen molar-refractivity contribution in [2.75, 3.05) is 10.2 Å². The molecule has 2 aliphatic rings. The van der Waals surface area contributed by atoms with Crippen LogP contribution in [-0.2, 0) is 24.1 Å². The Balaban J connectivity index is 1.46. The maximum Gasteiger partial charge on any atom is 0.418 e. The first-order valence-electron chi connectivity index (χ1n) is 9.98. The summed E-state index contributed by atoms with van der Waals surface area (Å²) in [6.45, 7) is 0.778. The number of rotatable bonds is 3. The zero-order valence-electron chi connectivity index (χ0n) is 16.7. The standard InChI is InChI=1S/C24H17F4N3O/c25-19-6-3-7-20-22(19)17(23(32)30-20)11-29-16-8-9-21(18(10-16)24(26,27)28)31-12-14-4-1-2-5-15(14)13-31/h1-11,17H,12-13H2,(H,30,32). The number of fused-ring (bicyclic) bond motifs is 2. The summed E-state index contributed by atoms with van der Waals surface area (Å²) in [5, 5.41) is 2.56. The van der Waals surface area contributed by atoms with Crippen LogP contribution in [-0.4, -0.2) is 12.1 Å². The van der Waals surface area contributed by atoms with E-state index in [1.165, 1.54) is 30.5 Å². The number of alkyl halides is 3. The molecular formula is C24H17F4N3O. The molecule has 1 amide bonds. The van der Waals surface area contributed by atoms with Crippen molar-refractivity contribution in [3.8, 4) is 0 Å². The highest BCUT2D eigenvalue weighted by Gasteiger charge is 2.36. The largest absolute Gasteiger partial charge is 0.418 e. The first-order chi connectivity index (χ1) is 15.3. The zero-order valence-corrected chi connectivity index (χ0v) is 16.7. The Morgan fingerprint density at radius 3 is 2.41 bits per heavy atom. The molecule has 162 valence electrons. The number of halogens is 4. The van der Waals surface area contributed by atoms with Gasteiger partial charge in [-0.3, -0.25) is 9.79 Å². The SMILES string of the molecule is O=C1Nc2cccc(F)c2C1C=Nc1ccc(N2Cc3ccccc3C2)c(C(F)(F)F)c1. The summed E-state index contributed by atoms with van der Waals surface area (Å²) in [5.74, 6) is -2.05. The lowest BCUT2D eigenvalue weighted by Crippen LogP contribution is -2.19. The van der Waals surface area contributed by atoms with Gasteiger partial charge in [0.2, 0.25) is 5.91 Å². The van der Waals surface area contributed by atoms with Crippen LogP contribution < -0.4 is 10.2 Å². The van der Waals surface area contributed by atoms with Crippen LogP contribution in [0.3, 0.4) is 0 Å². The molecule has 2 aliphatic heterocycles. The van der Waals surface area contributed by atoms with Crippen LogP contribution in [0.5, 0.6) is 0 Å². The molecule has 0 saturated heterocycles. The fourth-order valence-electron chi connectivity index (χ4n) is 4.22. The average Bonchev–Trinajstić information content (AvgIpc) is 3.32. The summed E-state index contributed by atoms with van der Waals surface area (Å²) in [7, 11) is 0.